The summed E-state index contributed by atoms with van der Waals surface area (Å²) in [5.41, 5.74) is -1.55. The van der Waals surface area contributed by atoms with Crippen molar-refractivity contribution in [2.24, 2.45) is 18.4 Å². The lowest BCUT2D eigenvalue weighted by Crippen LogP contribution is -2.63. The van der Waals surface area contributed by atoms with Crippen molar-refractivity contribution in [3.05, 3.63) is 47.7 Å². The smallest absolute Gasteiger partial charge is 0.410 e. The van der Waals surface area contributed by atoms with Crippen LogP contribution < -0.4 is 10.6 Å². The zero-order valence-corrected chi connectivity index (χ0v) is 37.8. The van der Waals surface area contributed by atoms with Gasteiger partial charge in [0.05, 0.1) is 6.04 Å². The summed E-state index contributed by atoms with van der Waals surface area (Å²) in [6, 6.07) is 3.72. The second-order valence-electron chi connectivity index (χ2n) is 19.2. The van der Waals surface area contributed by atoms with Gasteiger partial charge in [-0.15, -0.1) is 0 Å². The van der Waals surface area contributed by atoms with E-state index in [9.17, 15) is 33.9 Å². The van der Waals surface area contributed by atoms with Crippen molar-refractivity contribution in [1.29, 1.82) is 0 Å². The zero-order valence-electron chi connectivity index (χ0n) is 37.8. The first-order valence-electron chi connectivity index (χ1n) is 19.8. The van der Waals surface area contributed by atoms with Gasteiger partial charge in [-0.3, -0.25) is 24.1 Å². The van der Waals surface area contributed by atoms with E-state index in [2.05, 4.69) is 10.6 Å². The number of carbonyl (C=O) groups excluding carboxylic acids is 5. The molecule has 2 unspecified atom stereocenters. The minimum Gasteiger partial charge on any atom is -0.481 e. The van der Waals surface area contributed by atoms with Gasteiger partial charge >= 0.3 is 18.0 Å². The number of hydrogen-bond donors (Lipinski definition) is 3. The Morgan fingerprint density at radius 3 is 1.90 bits per heavy atom. The molecule has 0 aliphatic heterocycles. The number of aryl methyl sites for hydroxylation is 1. The molecular formula is C44H69N5O9. The fourth-order valence-electron chi connectivity index (χ4n) is 6.89. The van der Waals surface area contributed by atoms with E-state index < -0.39 is 82.0 Å². The molecule has 1 heterocycles. The second-order valence-corrected chi connectivity index (χ2v) is 19.2. The molecule has 0 fully saturated rings. The summed E-state index contributed by atoms with van der Waals surface area (Å²) in [4.78, 5) is 83.7. The van der Waals surface area contributed by atoms with E-state index in [1.54, 1.807) is 61.6 Å². The Morgan fingerprint density at radius 2 is 1.40 bits per heavy atom. The summed E-state index contributed by atoms with van der Waals surface area (Å²) >= 11 is 0. The Labute approximate surface area is 345 Å². The van der Waals surface area contributed by atoms with Gasteiger partial charge in [-0.1, -0.05) is 72.7 Å². The summed E-state index contributed by atoms with van der Waals surface area (Å²) in [6.07, 6.45) is 2.32. The van der Waals surface area contributed by atoms with Crippen LogP contribution in [0.5, 0.6) is 0 Å². The lowest BCUT2D eigenvalue weighted by molar-refractivity contribution is -0.158. The van der Waals surface area contributed by atoms with E-state index in [1.807, 2.05) is 90.5 Å². The lowest BCUT2D eigenvalue weighted by Gasteiger charge is -2.42. The number of likely N-dealkylation sites (N-methyl/N-ethyl adjacent to an activating group) is 2. The van der Waals surface area contributed by atoms with Crippen molar-refractivity contribution >= 4 is 46.7 Å². The van der Waals surface area contributed by atoms with Gasteiger partial charge in [-0.25, -0.2) is 9.59 Å². The van der Waals surface area contributed by atoms with Gasteiger partial charge in [0.1, 0.15) is 29.3 Å². The molecule has 2 rings (SSSR count). The first-order chi connectivity index (χ1) is 26.3. The normalized spacial score (nSPS) is 14.9. The van der Waals surface area contributed by atoms with Crippen LogP contribution in [0.25, 0.3) is 10.9 Å². The lowest BCUT2D eigenvalue weighted by atomic mass is 9.76. The highest BCUT2D eigenvalue weighted by Crippen LogP contribution is 2.37. The van der Waals surface area contributed by atoms with Crippen molar-refractivity contribution in [3.63, 3.8) is 0 Å². The number of nitrogens with zero attached hydrogens (tertiary/aromatic N) is 3. The third-order valence-corrected chi connectivity index (χ3v) is 9.89. The number of esters is 1. The van der Waals surface area contributed by atoms with Gasteiger partial charge in [-0.2, -0.15) is 0 Å². The largest absolute Gasteiger partial charge is 0.481 e. The standard InChI is InChI=1S/C44H69N5O9/c1-26(2)32(24-27(3)36(52)45-30(22-23-33(50)51)39(55)57-42(7,8)9)48(16)38(54)34(41(4,5)6)46-37(53)35(49(17)40(56)58-43(10,11)12)44(13,14)29-25-47(15)31-21-19-18-20-28(29)31/h18-21,24-26,30,32,34-35H,22-23H2,1-17H3,(H,45,52)(H,46,53)(H,50,51)/b27-24+/t30?,32?,34-,35-/m1/s1. The molecule has 1 aromatic heterocycles. The number of benzene rings is 1. The molecule has 0 bridgehead atoms. The average Bonchev–Trinajstić information content (AvgIpc) is 3.41. The van der Waals surface area contributed by atoms with Crippen molar-refractivity contribution in [1.82, 2.24) is 25.0 Å². The number of aliphatic carboxylic acids is 1. The van der Waals surface area contributed by atoms with Crippen LogP contribution in [0, 0.1) is 11.3 Å². The molecule has 4 atom stereocenters. The fraction of sp³-hybridized carbons (Fsp3) is 0.636. The van der Waals surface area contributed by atoms with Crippen LogP contribution in [-0.4, -0.2) is 105 Å². The Hall–Kier alpha value is -4.88. The Balaban J connectivity index is 2.57. The Bertz CT molecular complexity index is 1860. The number of nitrogens with one attached hydrogen (secondary N) is 2. The van der Waals surface area contributed by atoms with E-state index >= 15 is 0 Å². The van der Waals surface area contributed by atoms with E-state index in [4.69, 9.17) is 9.47 Å². The third kappa shape index (κ3) is 13.1. The van der Waals surface area contributed by atoms with Crippen LogP contribution in [0.15, 0.2) is 42.1 Å². The summed E-state index contributed by atoms with van der Waals surface area (Å²) in [6.45, 7) is 24.8. The summed E-state index contributed by atoms with van der Waals surface area (Å²) in [5.74, 6) is -3.72. The van der Waals surface area contributed by atoms with Crippen LogP contribution in [0.4, 0.5) is 4.79 Å². The van der Waals surface area contributed by atoms with Crippen LogP contribution in [0.3, 0.4) is 0 Å². The molecular weight excluding hydrogens is 743 g/mol. The maximum atomic E-state index is 14.8. The molecule has 0 radical (unpaired) electrons. The molecule has 0 aliphatic rings. The number of para-hydroxylation sites is 1. The number of carbonyl (C=O) groups is 6. The predicted octanol–water partition coefficient (Wildman–Crippen LogP) is 6.34. The van der Waals surface area contributed by atoms with E-state index in [0.29, 0.717) is 0 Å². The molecule has 324 valence electrons. The first kappa shape index (κ1) is 49.3. The number of fused-ring (bicyclic) bond motifs is 1. The molecule has 58 heavy (non-hydrogen) atoms. The van der Waals surface area contributed by atoms with Gasteiger partial charge in [0, 0.05) is 55.7 Å². The minimum atomic E-state index is -1.21. The topological polar surface area (TPSA) is 177 Å². The van der Waals surface area contributed by atoms with Crippen molar-refractivity contribution in [3.8, 4) is 0 Å². The highest BCUT2D eigenvalue weighted by Gasteiger charge is 2.47. The molecule has 1 aromatic carbocycles. The third-order valence-electron chi connectivity index (χ3n) is 9.89. The molecule has 14 nitrogen and oxygen atoms in total. The van der Waals surface area contributed by atoms with Crippen LogP contribution in [0.2, 0.25) is 0 Å². The summed E-state index contributed by atoms with van der Waals surface area (Å²) in [5, 5.41) is 15.8. The minimum absolute atomic E-state index is 0.177. The van der Waals surface area contributed by atoms with Crippen molar-refractivity contribution < 1.29 is 43.3 Å². The molecule has 3 N–H and O–H groups in total. The Morgan fingerprint density at radius 1 is 0.845 bits per heavy atom. The maximum absolute atomic E-state index is 14.8. The maximum Gasteiger partial charge on any atom is 0.410 e. The number of amides is 4. The monoisotopic (exact) mass is 812 g/mol. The first-order valence-corrected chi connectivity index (χ1v) is 19.8. The fourth-order valence-corrected chi connectivity index (χ4v) is 6.89. The molecule has 14 heteroatoms. The van der Waals surface area contributed by atoms with Gasteiger partial charge in [0.2, 0.25) is 17.7 Å². The van der Waals surface area contributed by atoms with E-state index in [0.717, 1.165) is 16.5 Å². The molecule has 2 aromatic rings. The van der Waals surface area contributed by atoms with Crippen LogP contribution >= 0.6 is 0 Å². The molecule has 0 aliphatic carbocycles. The number of carboxylic acid groups (broad SMARTS) is 1. The number of rotatable bonds is 15. The number of aromatic nitrogens is 1. The van der Waals surface area contributed by atoms with Crippen molar-refractivity contribution in [2.75, 3.05) is 14.1 Å². The second kappa shape index (κ2) is 18.8. The zero-order chi connectivity index (χ0) is 44.9. The highest BCUT2D eigenvalue weighted by molar-refractivity contribution is 5.97. The molecule has 0 saturated heterocycles. The number of carboxylic acids is 1. The van der Waals surface area contributed by atoms with Crippen molar-refractivity contribution in [2.45, 2.75) is 151 Å². The Kier molecular flexibility index (Phi) is 16.0. The summed E-state index contributed by atoms with van der Waals surface area (Å²) in [7, 11) is 5.04. The highest BCUT2D eigenvalue weighted by atomic mass is 16.6. The SMILES string of the molecule is C/C(=C\C(C(C)C)N(C)C(=O)[C@@H](NC(=O)[C@@H](N(C)C(=O)OC(C)(C)C)C(C)(C)c1cn(C)c2ccccc12)C(C)(C)C)C(=O)NC(CCC(=O)O)C(=O)OC(C)(C)C. The predicted molar refractivity (Wildman–Crippen MR) is 225 cm³/mol. The van der Waals surface area contributed by atoms with Gasteiger partial charge in [0.25, 0.3) is 0 Å². The molecule has 4 amide bonds. The van der Waals surface area contributed by atoms with Gasteiger partial charge in [-0.05, 0) is 77.8 Å². The van der Waals surface area contributed by atoms with E-state index in [-0.39, 0.29) is 24.3 Å². The van der Waals surface area contributed by atoms with Crippen LogP contribution in [-0.2, 0) is 45.9 Å². The van der Waals surface area contributed by atoms with Gasteiger partial charge < -0.3 is 34.7 Å². The number of ether oxygens (including phenoxy) is 2. The molecule has 0 saturated carbocycles. The van der Waals surface area contributed by atoms with E-state index in [1.165, 1.54) is 16.8 Å². The van der Waals surface area contributed by atoms with Gasteiger partial charge in [0.15, 0.2) is 0 Å². The quantitative estimate of drug-likeness (QED) is 0.137. The summed E-state index contributed by atoms with van der Waals surface area (Å²) < 4.78 is 13.2. The number of hydrogen-bond acceptors (Lipinski definition) is 8. The van der Waals surface area contributed by atoms with Crippen LogP contribution in [0.1, 0.15) is 115 Å². The average molecular weight is 812 g/mol. The molecule has 0 spiro atoms.